The summed E-state index contributed by atoms with van der Waals surface area (Å²) in [6.07, 6.45) is 2.70. The molecule has 0 unspecified atom stereocenters. The first-order valence-corrected chi connectivity index (χ1v) is 10.7. The number of rotatable bonds is 10. The van der Waals surface area contributed by atoms with Gasteiger partial charge in [-0.05, 0) is 30.0 Å². The number of likely N-dealkylation sites (N-methyl/N-ethyl adjacent to an activating group) is 2. The van der Waals surface area contributed by atoms with Crippen LogP contribution in [-0.4, -0.2) is 55.1 Å². The van der Waals surface area contributed by atoms with Gasteiger partial charge in [-0.25, -0.2) is 0 Å². The van der Waals surface area contributed by atoms with E-state index in [4.69, 9.17) is 5.41 Å². The highest BCUT2D eigenvalue weighted by Gasteiger charge is 2.08. The molecule has 0 fully saturated rings. The average molecular weight is 407 g/mol. The Morgan fingerprint density at radius 1 is 1.14 bits per heavy atom. The van der Waals surface area contributed by atoms with Crippen LogP contribution in [0.25, 0.3) is 0 Å². The van der Waals surface area contributed by atoms with Crippen LogP contribution in [-0.2, 0) is 4.79 Å². The third kappa shape index (κ3) is 13.0. The zero-order valence-electron chi connectivity index (χ0n) is 18.6. The van der Waals surface area contributed by atoms with Crippen molar-refractivity contribution >= 4 is 29.7 Å². The highest BCUT2D eigenvalue weighted by molar-refractivity contribution is 8.03. The second kappa shape index (κ2) is 18.2. The summed E-state index contributed by atoms with van der Waals surface area (Å²) in [5.41, 5.74) is 1.75. The number of hydrogen-bond donors (Lipinski definition) is 2. The van der Waals surface area contributed by atoms with E-state index in [1.54, 1.807) is 28.6 Å². The minimum absolute atomic E-state index is 0.366. The summed E-state index contributed by atoms with van der Waals surface area (Å²) in [5.74, 6) is 1.12. The van der Waals surface area contributed by atoms with Gasteiger partial charge in [0.25, 0.3) is 0 Å². The molecule has 6 heteroatoms. The van der Waals surface area contributed by atoms with Crippen molar-refractivity contribution < 1.29 is 4.79 Å². The molecular weight excluding hydrogens is 368 g/mol. The summed E-state index contributed by atoms with van der Waals surface area (Å²) in [5, 5.41) is 11.5. The lowest BCUT2D eigenvalue weighted by Gasteiger charge is -2.22. The van der Waals surface area contributed by atoms with Gasteiger partial charge in [-0.3, -0.25) is 10.2 Å². The van der Waals surface area contributed by atoms with E-state index >= 15 is 0 Å². The molecule has 0 aliphatic rings. The van der Waals surface area contributed by atoms with Crippen LogP contribution in [0.15, 0.2) is 53.5 Å². The highest BCUT2D eigenvalue weighted by Crippen LogP contribution is 2.18. The fourth-order valence-electron chi connectivity index (χ4n) is 1.86. The summed E-state index contributed by atoms with van der Waals surface area (Å²) in [6.45, 7) is 15.2. The van der Waals surface area contributed by atoms with Crippen LogP contribution in [0.1, 0.15) is 34.6 Å². The van der Waals surface area contributed by atoms with E-state index in [1.165, 1.54) is 0 Å². The van der Waals surface area contributed by atoms with Crippen molar-refractivity contribution in [2.75, 3.05) is 38.4 Å². The lowest BCUT2D eigenvalue weighted by atomic mass is 10.2. The molecule has 0 saturated carbocycles. The quantitative estimate of drug-likeness (QED) is 0.182. The number of para-hydroxylation sites is 1. The van der Waals surface area contributed by atoms with Crippen molar-refractivity contribution in [1.82, 2.24) is 9.80 Å². The average Bonchev–Trinajstić information content (AvgIpc) is 2.74. The number of thioether (sulfide) groups is 1. The van der Waals surface area contributed by atoms with E-state index in [0.717, 1.165) is 22.9 Å². The molecule has 28 heavy (non-hydrogen) atoms. The van der Waals surface area contributed by atoms with Crippen molar-refractivity contribution in [1.29, 1.82) is 5.41 Å². The largest absolute Gasteiger partial charge is 0.376 e. The number of amidine groups is 1. The van der Waals surface area contributed by atoms with Gasteiger partial charge in [0, 0.05) is 38.4 Å². The molecule has 0 aliphatic heterocycles. The van der Waals surface area contributed by atoms with Crippen LogP contribution in [0.3, 0.4) is 0 Å². The summed E-state index contributed by atoms with van der Waals surface area (Å²) in [7, 11) is 3.55. The zero-order valence-corrected chi connectivity index (χ0v) is 19.4. The summed E-state index contributed by atoms with van der Waals surface area (Å²) in [4.78, 5) is 15.0. The van der Waals surface area contributed by atoms with E-state index in [9.17, 15) is 4.79 Å². The Morgan fingerprint density at radius 3 is 2.25 bits per heavy atom. The number of nitrogens with zero attached hydrogens (tertiary/aromatic N) is 2. The lowest BCUT2D eigenvalue weighted by molar-refractivity contribution is -0.117. The molecule has 0 saturated heterocycles. The number of amides is 1. The number of benzene rings is 1. The number of allylic oxidation sites excluding steroid dienone is 1. The van der Waals surface area contributed by atoms with Crippen molar-refractivity contribution in [2.24, 2.45) is 0 Å². The number of carbonyl (C=O) groups is 1. The summed E-state index contributed by atoms with van der Waals surface area (Å²) in [6, 6.07) is 10.0. The summed E-state index contributed by atoms with van der Waals surface area (Å²) >= 11 is 1.67. The van der Waals surface area contributed by atoms with Crippen molar-refractivity contribution in [3.05, 3.63) is 53.5 Å². The SMILES string of the molecule is C=C(/C=C(/C)SCNc1ccccc1)C(=N)N(C)CCN(C)C=O.CC.CC. The van der Waals surface area contributed by atoms with Crippen LogP contribution in [0.5, 0.6) is 0 Å². The molecule has 0 bridgehead atoms. The monoisotopic (exact) mass is 406 g/mol. The minimum atomic E-state index is 0.366. The van der Waals surface area contributed by atoms with Crippen molar-refractivity contribution in [2.45, 2.75) is 34.6 Å². The Hall–Kier alpha value is -2.21. The van der Waals surface area contributed by atoms with Gasteiger partial charge in [-0.2, -0.15) is 0 Å². The molecule has 2 N–H and O–H groups in total. The Morgan fingerprint density at radius 2 is 1.71 bits per heavy atom. The zero-order chi connectivity index (χ0) is 21.9. The maximum absolute atomic E-state index is 10.6. The molecule has 0 atom stereocenters. The van der Waals surface area contributed by atoms with Crippen LogP contribution in [0, 0.1) is 5.41 Å². The minimum Gasteiger partial charge on any atom is -0.376 e. The van der Waals surface area contributed by atoms with Gasteiger partial charge < -0.3 is 15.1 Å². The van der Waals surface area contributed by atoms with Gasteiger partial charge in [0.15, 0.2) is 0 Å². The van der Waals surface area contributed by atoms with Crippen LogP contribution in [0.2, 0.25) is 0 Å². The molecule has 1 aromatic rings. The van der Waals surface area contributed by atoms with Crippen molar-refractivity contribution in [3.8, 4) is 0 Å². The lowest BCUT2D eigenvalue weighted by Crippen LogP contribution is -2.34. The fourth-order valence-corrected chi connectivity index (χ4v) is 2.55. The molecule has 0 heterocycles. The van der Waals surface area contributed by atoms with Gasteiger partial charge in [0.05, 0.1) is 5.88 Å². The first-order valence-electron chi connectivity index (χ1n) is 9.68. The maximum Gasteiger partial charge on any atom is 0.209 e. The van der Waals surface area contributed by atoms with Gasteiger partial charge in [0.2, 0.25) is 6.41 Å². The fraction of sp³-hybridized carbons (Fsp3) is 0.455. The highest BCUT2D eigenvalue weighted by atomic mass is 32.2. The predicted octanol–water partition coefficient (Wildman–Crippen LogP) is 5.30. The number of nitrogens with one attached hydrogen (secondary N) is 2. The molecule has 0 spiro atoms. The molecule has 1 rings (SSSR count). The Balaban J connectivity index is 0. The van der Waals surface area contributed by atoms with E-state index in [1.807, 2.05) is 78.1 Å². The van der Waals surface area contributed by atoms with Crippen LogP contribution >= 0.6 is 11.8 Å². The van der Waals surface area contributed by atoms with Crippen molar-refractivity contribution in [3.63, 3.8) is 0 Å². The topological polar surface area (TPSA) is 59.4 Å². The third-order valence-corrected chi connectivity index (χ3v) is 4.24. The first kappa shape index (κ1) is 28.0. The normalized spacial score (nSPS) is 9.75. The van der Waals surface area contributed by atoms with Gasteiger partial charge in [-0.15, -0.1) is 11.8 Å². The third-order valence-electron chi connectivity index (χ3n) is 3.38. The molecule has 0 aliphatic carbocycles. The molecule has 0 radical (unpaired) electrons. The van der Waals surface area contributed by atoms with E-state index in [0.29, 0.717) is 24.5 Å². The molecule has 5 nitrogen and oxygen atoms in total. The first-order chi connectivity index (χ1) is 13.4. The standard InChI is InChI=1S/C18H26N4OS.2C2H6/c1-15(18(19)22(4)11-10-21(3)14-23)12-16(2)24-13-20-17-8-6-5-7-9-17;2*1-2/h5-9,12,14,19-20H,1,10-11,13H2,2-4H3;2*1-2H3/b16-12-,19-18?;;. The molecule has 1 amide bonds. The van der Waals surface area contributed by atoms with Crippen LogP contribution in [0.4, 0.5) is 5.69 Å². The van der Waals surface area contributed by atoms with Gasteiger partial charge in [-0.1, -0.05) is 52.5 Å². The Bertz CT molecular complexity index is 587. The Labute approximate surface area is 176 Å². The Kier molecular flexibility index (Phi) is 18.2. The van der Waals surface area contributed by atoms with E-state index < -0.39 is 0 Å². The second-order valence-corrected chi connectivity index (χ2v) is 6.69. The maximum atomic E-state index is 10.6. The molecule has 0 aromatic heterocycles. The van der Waals surface area contributed by atoms with Gasteiger partial charge in [0.1, 0.15) is 5.84 Å². The number of hydrogen-bond acceptors (Lipinski definition) is 4. The molecule has 1 aromatic carbocycles. The molecule has 158 valence electrons. The van der Waals surface area contributed by atoms with E-state index in [-0.39, 0.29) is 0 Å². The molecular formula is C22H38N4OS. The smallest absolute Gasteiger partial charge is 0.209 e. The number of anilines is 1. The second-order valence-electron chi connectivity index (χ2n) is 5.47. The van der Waals surface area contributed by atoms with Gasteiger partial charge >= 0.3 is 0 Å². The van der Waals surface area contributed by atoms with E-state index in [2.05, 4.69) is 11.9 Å². The predicted molar refractivity (Wildman–Crippen MR) is 127 cm³/mol. The summed E-state index contributed by atoms with van der Waals surface area (Å²) < 4.78 is 0. The van der Waals surface area contributed by atoms with Crippen LogP contribution < -0.4 is 5.32 Å². The number of carbonyl (C=O) groups excluding carboxylic acids is 1.